The third kappa shape index (κ3) is 4.94. The largest absolute Gasteiger partial charge is 0.379 e. The molecule has 2 N–H and O–H groups in total. The molecule has 1 aromatic heterocycles. The maximum absolute atomic E-state index is 12.6. The average molecular weight is 410 g/mol. The normalized spacial score (nSPS) is 16.8. The van der Waals surface area contributed by atoms with Crippen LogP contribution in [-0.2, 0) is 14.8 Å². The maximum atomic E-state index is 12.6. The van der Waals surface area contributed by atoms with Crippen LogP contribution in [0.3, 0.4) is 0 Å². The minimum Gasteiger partial charge on any atom is -0.379 e. The number of benzene rings is 1. The molecule has 0 spiro atoms. The monoisotopic (exact) mass is 409 g/mol. The summed E-state index contributed by atoms with van der Waals surface area (Å²) < 4.78 is 31.6. The minimum atomic E-state index is -3.59. The van der Waals surface area contributed by atoms with E-state index >= 15 is 0 Å². The van der Waals surface area contributed by atoms with Gasteiger partial charge in [0.2, 0.25) is 10.0 Å². The molecule has 0 aliphatic carbocycles. The molecule has 1 amide bonds. The number of nitrogens with zero attached hydrogens (tertiary/aromatic N) is 1. The van der Waals surface area contributed by atoms with Gasteiger partial charge in [0.15, 0.2) is 0 Å². The molecule has 27 heavy (non-hydrogen) atoms. The first-order valence-corrected chi connectivity index (χ1v) is 11.0. The molecular weight excluding hydrogens is 386 g/mol. The van der Waals surface area contributed by atoms with Gasteiger partial charge >= 0.3 is 0 Å². The van der Waals surface area contributed by atoms with Crippen molar-refractivity contribution < 1.29 is 17.9 Å². The van der Waals surface area contributed by atoms with E-state index in [-0.39, 0.29) is 16.8 Å². The number of ether oxygens (including phenoxy) is 1. The Morgan fingerprint density at radius 2 is 2.04 bits per heavy atom. The molecule has 1 fully saturated rings. The van der Waals surface area contributed by atoms with Crippen LogP contribution in [0.5, 0.6) is 0 Å². The molecule has 2 aromatic rings. The van der Waals surface area contributed by atoms with Gasteiger partial charge in [0, 0.05) is 30.1 Å². The van der Waals surface area contributed by atoms with Crippen molar-refractivity contribution in [1.82, 2.24) is 14.9 Å². The fraction of sp³-hybridized carbons (Fsp3) is 0.389. The summed E-state index contributed by atoms with van der Waals surface area (Å²) in [5, 5.41) is 4.98. The standard InChI is InChI=1S/C18H23N3O4S2/c1-19-27(23,24)15-5-2-4-14(12-15)18(22)20-13-16(17-6-3-11-26-17)21-7-9-25-10-8-21/h2-6,11-12,16,19H,7-10,13H2,1H3,(H,20,22)/t16-/m0/s1. The molecule has 1 aliphatic heterocycles. The van der Waals surface area contributed by atoms with Crippen molar-refractivity contribution in [2.24, 2.45) is 0 Å². The van der Waals surface area contributed by atoms with E-state index in [0.29, 0.717) is 25.3 Å². The molecule has 1 aromatic carbocycles. The number of carbonyl (C=O) groups is 1. The van der Waals surface area contributed by atoms with E-state index in [0.717, 1.165) is 13.1 Å². The first-order chi connectivity index (χ1) is 13.0. The molecule has 2 heterocycles. The summed E-state index contributed by atoms with van der Waals surface area (Å²) >= 11 is 1.66. The molecular formula is C18H23N3O4S2. The highest BCUT2D eigenvalue weighted by atomic mass is 32.2. The van der Waals surface area contributed by atoms with Crippen LogP contribution < -0.4 is 10.0 Å². The lowest BCUT2D eigenvalue weighted by Gasteiger charge is -2.34. The topological polar surface area (TPSA) is 87.7 Å². The van der Waals surface area contributed by atoms with Gasteiger partial charge in [-0.2, -0.15) is 0 Å². The zero-order valence-corrected chi connectivity index (χ0v) is 16.7. The number of carbonyl (C=O) groups excluding carboxylic acids is 1. The zero-order chi connectivity index (χ0) is 19.3. The Kier molecular flexibility index (Phi) is 6.61. The summed E-state index contributed by atoms with van der Waals surface area (Å²) in [6.07, 6.45) is 0. The quantitative estimate of drug-likeness (QED) is 0.723. The molecule has 1 aliphatic rings. The van der Waals surface area contributed by atoms with Gasteiger partial charge in [-0.1, -0.05) is 12.1 Å². The van der Waals surface area contributed by atoms with Crippen LogP contribution in [0.4, 0.5) is 0 Å². The van der Waals surface area contributed by atoms with Gasteiger partial charge in [0.1, 0.15) is 0 Å². The first-order valence-electron chi connectivity index (χ1n) is 8.68. The third-order valence-corrected chi connectivity index (χ3v) is 6.87. The molecule has 0 unspecified atom stereocenters. The van der Waals surface area contributed by atoms with Crippen molar-refractivity contribution in [1.29, 1.82) is 0 Å². The Hall–Kier alpha value is -1.78. The second kappa shape index (κ2) is 8.94. The molecule has 9 heteroatoms. The zero-order valence-electron chi connectivity index (χ0n) is 15.1. The number of thiophene rings is 1. The Labute approximate surface area is 163 Å². The molecule has 0 radical (unpaired) electrons. The summed E-state index contributed by atoms with van der Waals surface area (Å²) in [6.45, 7) is 3.44. The van der Waals surface area contributed by atoms with Gasteiger partial charge in [-0.25, -0.2) is 13.1 Å². The Bertz CT molecular complexity index is 862. The lowest BCUT2D eigenvalue weighted by atomic mass is 10.1. The van der Waals surface area contributed by atoms with Gasteiger partial charge < -0.3 is 10.1 Å². The Morgan fingerprint density at radius 1 is 1.26 bits per heavy atom. The van der Waals surface area contributed by atoms with Gasteiger partial charge in [0.25, 0.3) is 5.91 Å². The number of hydrogen-bond donors (Lipinski definition) is 2. The maximum Gasteiger partial charge on any atom is 0.251 e. The number of morpholine rings is 1. The predicted octanol–water partition coefficient (Wildman–Crippen LogP) is 1.46. The number of sulfonamides is 1. The van der Waals surface area contributed by atoms with Crippen molar-refractivity contribution >= 4 is 27.3 Å². The van der Waals surface area contributed by atoms with Gasteiger partial charge in [0.05, 0.1) is 24.2 Å². The Morgan fingerprint density at radius 3 is 2.70 bits per heavy atom. The lowest BCUT2D eigenvalue weighted by Crippen LogP contribution is -2.43. The second-order valence-corrected chi connectivity index (χ2v) is 8.99. The van der Waals surface area contributed by atoms with Crippen molar-refractivity contribution in [2.75, 3.05) is 39.9 Å². The smallest absolute Gasteiger partial charge is 0.251 e. The van der Waals surface area contributed by atoms with Gasteiger partial charge in [-0.05, 0) is 36.7 Å². The Balaban J connectivity index is 1.72. The number of hydrogen-bond acceptors (Lipinski definition) is 6. The van der Waals surface area contributed by atoms with Crippen LogP contribution in [0.2, 0.25) is 0 Å². The minimum absolute atomic E-state index is 0.0700. The highest BCUT2D eigenvalue weighted by Gasteiger charge is 2.24. The summed E-state index contributed by atoms with van der Waals surface area (Å²) in [4.78, 5) is 16.2. The van der Waals surface area contributed by atoms with Gasteiger partial charge in [-0.3, -0.25) is 9.69 Å². The second-order valence-electron chi connectivity index (χ2n) is 6.12. The molecule has 146 valence electrons. The summed E-state index contributed by atoms with van der Waals surface area (Å²) in [5.41, 5.74) is 0.318. The van der Waals surface area contributed by atoms with E-state index in [9.17, 15) is 13.2 Å². The van der Waals surface area contributed by atoms with E-state index in [1.165, 1.54) is 24.1 Å². The van der Waals surface area contributed by atoms with Crippen molar-refractivity contribution in [3.05, 3.63) is 52.2 Å². The van der Waals surface area contributed by atoms with Crippen LogP contribution in [-0.4, -0.2) is 59.1 Å². The van der Waals surface area contributed by atoms with Gasteiger partial charge in [-0.15, -0.1) is 11.3 Å². The van der Waals surface area contributed by atoms with Crippen LogP contribution in [0.1, 0.15) is 21.3 Å². The van der Waals surface area contributed by atoms with E-state index in [1.807, 2.05) is 11.4 Å². The summed E-state index contributed by atoms with van der Waals surface area (Å²) in [7, 11) is -2.25. The SMILES string of the molecule is CNS(=O)(=O)c1cccc(C(=O)NC[C@@H](c2cccs2)N2CCOCC2)c1. The van der Waals surface area contributed by atoms with E-state index in [2.05, 4.69) is 21.0 Å². The lowest BCUT2D eigenvalue weighted by molar-refractivity contribution is 0.0169. The average Bonchev–Trinajstić information content (AvgIpc) is 3.23. The molecule has 3 rings (SSSR count). The highest BCUT2D eigenvalue weighted by Crippen LogP contribution is 2.25. The molecule has 7 nitrogen and oxygen atoms in total. The van der Waals surface area contributed by atoms with E-state index in [1.54, 1.807) is 23.5 Å². The molecule has 0 saturated carbocycles. The number of rotatable bonds is 7. The molecule has 1 atom stereocenters. The van der Waals surface area contributed by atoms with E-state index in [4.69, 9.17) is 4.74 Å². The third-order valence-electron chi connectivity index (χ3n) is 4.49. The van der Waals surface area contributed by atoms with Crippen molar-refractivity contribution in [2.45, 2.75) is 10.9 Å². The fourth-order valence-corrected chi connectivity index (χ4v) is 4.63. The van der Waals surface area contributed by atoms with Crippen LogP contribution in [0, 0.1) is 0 Å². The van der Waals surface area contributed by atoms with Crippen molar-refractivity contribution in [3.8, 4) is 0 Å². The number of amides is 1. The highest BCUT2D eigenvalue weighted by molar-refractivity contribution is 7.89. The number of nitrogens with one attached hydrogen (secondary N) is 2. The van der Waals surface area contributed by atoms with Crippen LogP contribution >= 0.6 is 11.3 Å². The predicted molar refractivity (Wildman–Crippen MR) is 104 cm³/mol. The van der Waals surface area contributed by atoms with Crippen LogP contribution in [0.25, 0.3) is 0 Å². The van der Waals surface area contributed by atoms with Crippen molar-refractivity contribution in [3.63, 3.8) is 0 Å². The first kappa shape index (κ1) is 20.0. The molecule has 1 saturated heterocycles. The van der Waals surface area contributed by atoms with Crippen LogP contribution in [0.15, 0.2) is 46.7 Å². The van der Waals surface area contributed by atoms with E-state index < -0.39 is 10.0 Å². The summed E-state index contributed by atoms with van der Waals surface area (Å²) in [5.74, 6) is -0.294. The molecule has 0 bridgehead atoms. The fourth-order valence-electron chi connectivity index (χ4n) is 2.99. The summed E-state index contributed by atoms with van der Waals surface area (Å²) in [6, 6.07) is 10.2.